The molecule has 0 aromatic heterocycles. The van der Waals surface area contributed by atoms with Gasteiger partial charge >= 0.3 is 0 Å². The number of guanidine groups is 1. The van der Waals surface area contributed by atoms with Crippen molar-refractivity contribution >= 4 is 29.9 Å². The molecule has 5 heteroatoms. The molecular weight excluding hydrogens is 356 g/mol. The molecule has 1 saturated carbocycles. The molecule has 0 aliphatic heterocycles. The van der Waals surface area contributed by atoms with Gasteiger partial charge < -0.3 is 10.6 Å². The molecule has 0 amide bonds. The van der Waals surface area contributed by atoms with Gasteiger partial charge in [0.05, 0.1) is 0 Å². The lowest BCUT2D eigenvalue weighted by molar-refractivity contribution is 0.615. The highest BCUT2D eigenvalue weighted by Gasteiger charge is 2.33. The lowest BCUT2D eigenvalue weighted by Crippen LogP contribution is -2.38. The van der Waals surface area contributed by atoms with Gasteiger partial charge in [0.1, 0.15) is 5.82 Å². The van der Waals surface area contributed by atoms with E-state index in [4.69, 9.17) is 0 Å². The SMILES string of the molecule is CN=C(NCc1ccc(C)c(F)c1)NC1CC1C.I. The molecule has 1 aromatic rings. The molecule has 0 spiro atoms. The minimum Gasteiger partial charge on any atom is -0.353 e. The van der Waals surface area contributed by atoms with E-state index in [2.05, 4.69) is 22.5 Å². The van der Waals surface area contributed by atoms with Gasteiger partial charge in [-0.3, -0.25) is 4.99 Å². The second-order valence-corrected chi connectivity index (χ2v) is 4.97. The molecule has 2 atom stereocenters. The zero-order valence-corrected chi connectivity index (χ0v) is 13.9. The predicted molar refractivity (Wildman–Crippen MR) is 87.5 cm³/mol. The van der Waals surface area contributed by atoms with Crippen LogP contribution in [0.15, 0.2) is 23.2 Å². The number of hydrogen-bond donors (Lipinski definition) is 2. The first-order chi connectivity index (χ1) is 8.60. The Labute approximate surface area is 131 Å². The Hall–Kier alpha value is -0.850. The van der Waals surface area contributed by atoms with Crippen LogP contribution in [0, 0.1) is 18.7 Å². The first-order valence-electron chi connectivity index (χ1n) is 6.32. The third kappa shape index (κ3) is 4.63. The minimum absolute atomic E-state index is 0. The first kappa shape index (κ1) is 16.2. The molecule has 2 unspecified atom stereocenters. The summed E-state index contributed by atoms with van der Waals surface area (Å²) in [5, 5.41) is 6.53. The molecule has 1 aliphatic rings. The van der Waals surface area contributed by atoms with E-state index in [0.29, 0.717) is 18.2 Å². The highest BCUT2D eigenvalue weighted by molar-refractivity contribution is 14.0. The zero-order chi connectivity index (χ0) is 13.1. The average Bonchev–Trinajstić information content (AvgIpc) is 3.04. The van der Waals surface area contributed by atoms with E-state index in [9.17, 15) is 4.39 Å². The monoisotopic (exact) mass is 377 g/mol. The molecule has 1 fully saturated rings. The van der Waals surface area contributed by atoms with Crippen LogP contribution in [0.4, 0.5) is 4.39 Å². The highest BCUT2D eigenvalue weighted by Crippen LogP contribution is 2.28. The Morgan fingerprint density at radius 3 is 2.68 bits per heavy atom. The van der Waals surface area contributed by atoms with Gasteiger partial charge in [0.2, 0.25) is 0 Å². The van der Waals surface area contributed by atoms with Gasteiger partial charge in [0.15, 0.2) is 5.96 Å². The lowest BCUT2D eigenvalue weighted by atomic mass is 10.1. The quantitative estimate of drug-likeness (QED) is 0.483. The minimum atomic E-state index is -0.159. The second-order valence-electron chi connectivity index (χ2n) is 4.97. The average molecular weight is 377 g/mol. The largest absolute Gasteiger partial charge is 0.353 e. The Morgan fingerprint density at radius 2 is 2.16 bits per heavy atom. The first-order valence-corrected chi connectivity index (χ1v) is 6.32. The van der Waals surface area contributed by atoms with Crippen molar-refractivity contribution in [3.8, 4) is 0 Å². The summed E-state index contributed by atoms with van der Waals surface area (Å²) in [5.41, 5.74) is 1.60. The second kappa shape index (κ2) is 7.07. The summed E-state index contributed by atoms with van der Waals surface area (Å²) in [7, 11) is 1.75. The van der Waals surface area contributed by atoms with Crippen molar-refractivity contribution in [2.75, 3.05) is 7.05 Å². The van der Waals surface area contributed by atoms with Gasteiger partial charge in [-0.15, -0.1) is 24.0 Å². The summed E-state index contributed by atoms with van der Waals surface area (Å²) >= 11 is 0. The van der Waals surface area contributed by atoms with E-state index in [1.54, 1.807) is 26.1 Å². The number of aliphatic imine (C=N–C) groups is 1. The third-order valence-corrected chi connectivity index (χ3v) is 3.35. The van der Waals surface area contributed by atoms with Gasteiger partial charge in [-0.2, -0.15) is 0 Å². The molecule has 2 rings (SSSR count). The van der Waals surface area contributed by atoms with Crippen molar-refractivity contribution in [1.82, 2.24) is 10.6 Å². The number of nitrogens with one attached hydrogen (secondary N) is 2. The van der Waals surface area contributed by atoms with Crippen molar-refractivity contribution in [1.29, 1.82) is 0 Å². The van der Waals surface area contributed by atoms with Crippen molar-refractivity contribution in [2.24, 2.45) is 10.9 Å². The Kier molecular flexibility index (Phi) is 6.03. The number of hydrogen-bond acceptors (Lipinski definition) is 1. The van der Waals surface area contributed by atoms with Crippen LogP contribution in [0.3, 0.4) is 0 Å². The van der Waals surface area contributed by atoms with Gasteiger partial charge in [-0.05, 0) is 36.5 Å². The van der Waals surface area contributed by atoms with Crippen LogP contribution in [0.5, 0.6) is 0 Å². The number of nitrogens with zero attached hydrogens (tertiary/aromatic N) is 1. The fourth-order valence-electron chi connectivity index (χ4n) is 1.83. The standard InChI is InChI=1S/C14H20FN3.HI/c1-9-4-5-11(7-12(9)15)8-17-14(16-3)18-13-6-10(13)2;/h4-5,7,10,13H,6,8H2,1-3H3,(H2,16,17,18);1H. The van der Waals surface area contributed by atoms with Gasteiger partial charge in [0.25, 0.3) is 0 Å². The van der Waals surface area contributed by atoms with Gasteiger partial charge in [-0.25, -0.2) is 4.39 Å². The smallest absolute Gasteiger partial charge is 0.191 e. The fourth-order valence-corrected chi connectivity index (χ4v) is 1.83. The van der Waals surface area contributed by atoms with E-state index in [0.717, 1.165) is 17.4 Å². The molecule has 0 saturated heterocycles. The number of rotatable bonds is 3. The van der Waals surface area contributed by atoms with Crippen LogP contribution >= 0.6 is 24.0 Å². The summed E-state index contributed by atoms with van der Waals surface area (Å²) < 4.78 is 13.4. The van der Waals surface area contributed by atoms with Crippen LogP contribution in [0.1, 0.15) is 24.5 Å². The van der Waals surface area contributed by atoms with E-state index in [1.165, 1.54) is 6.42 Å². The number of halogens is 2. The summed E-state index contributed by atoms with van der Waals surface area (Å²) in [6.45, 7) is 4.56. The fraction of sp³-hybridized carbons (Fsp3) is 0.500. The molecule has 3 nitrogen and oxygen atoms in total. The molecular formula is C14H21FIN3. The summed E-state index contributed by atoms with van der Waals surface area (Å²) in [5.74, 6) is 1.35. The van der Waals surface area contributed by atoms with Crippen LogP contribution in [0.25, 0.3) is 0 Å². The molecule has 0 radical (unpaired) electrons. The maximum Gasteiger partial charge on any atom is 0.191 e. The lowest BCUT2D eigenvalue weighted by Gasteiger charge is -2.11. The van der Waals surface area contributed by atoms with Crippen LogP contribution in [-0.4, -0.2) is 19.0 Å². The maximum absolute atomic E-state index is 13.4. The predicted octanol–water partition coefficient (Wildman–Crippen LogP) is 2.83. The highest BCUT2D eigenvalue weighted by atomic mass is 127. The topological polar surface area (TPSA) is 36.4 Å². The molecule has 1 aromatic carbocycles. The van der Waals surface area contributed by atoms with E-state index in [1.807, 2.05) is 6.07 Å². The Bertz CT molecular complexity index is 462. The van der Waals surface area contributed by atoms with Crippen LogP contribution < -0.4 is 10.6 Å². The summed E-state index contributed by atoms with van der Waals surface area (Å²) in [6, 6.07) is 5.82. The third-order valence-electron chi connectivity index (χ3n) is 3.35. The van der Waals surface area contributed by atoms with E-state index < -0.39 is 0 Å². The van der Waals surface area contributed by atoms with Crippen LogP contribution in [-0.2, 0) is 6.54 Å². The maximum atomic E-state index is 13.4. The van der Waals surface area contributed by atoms with Crippen molar-refractivity contribution in [2.45, 2.75) is 32.9 Å². The van der Waals surface area contributed by atoms with Crippen molar-refractivity contribution in [3.63, 3.8) is 0 Å². The molecule has 1 aliphatic carbocycles. The molecule has 0 bridgehead atoms. The van der Waals surface area contributed by atoms with E-state index >= 15 is 0 Å². The number of benzene rings is 1. The number of aryl methyl sites for hydroxylation is 1. The molecule has 0 heterocycles. The normalized spacial score (nSPS) is 21.6. The Morgan fingerprint density at radius 1 is 1.47 bits per heavy atom. The zero-order valence-electron chi connectivity index (χ0n) is 11.5. The Balaban J connectivity index is 0.00000180. The van der Waals surface area contributed by atoms with E-state index in [-0.39, 0.29) is 29.8 Å². The van der Waals surface area contributed by atoms with Crippen LogP contribution in [0.2, 0.25) is 0 Å². The summed E-state index contributed by atoms with van der Waals surface area (Å²) in [6.07, 6.45) is 1.19. The summed E-state index contributed by atoms with van der Waals surface area (Å²) in [4.78, 5) is 4.16. The van der Waals surface area contributed by atoms with Crippen molar-refractivity contribution < 1.29 is 4.39 Å². The molecule has 2 N–H and O–H groups in total. The molecule has 106 valence electrons. The van der Waals surface area contributed by atoms with Gasteiger partial charge in [0, 0.05) is 19.6 Å². The van der Waals surface area contributed by atoms with Gasteiger partial charge in [-0.1, -0.05) is 19.1 Å². The van der Waals surface area contributed by atoms with Crippen molar-refractivity contribution in [3.05, 3.63) is 35.1 Å². The molecule has 19 heavy (non-hydrogen) atoms.